The van der Waals surface area contributed by atoms with E-state index in [4.69, 9.17) is 4.74 Å². The van der Waals surface area contributed by atoms with Gasteiger partial charge in [0, 0.05) is 22.2 Å². The number of esters is 1. The van der Waals surface area contributed by atoms with E-state index in [1.165, 1.54) is 25.2 Å². The third kappa shape index (κ3) is 3.80. The number of carbonyl (C=O) groups excluding carboxylic acids is 3. The Balaban J connectivity index is 1.74. The molecule has 0 bridgehead atoms. The second-order valence-corrected chi connectivity index (χ2v) is 7.36. The Morgan fingerprint density at radius 2 is 1.82 bits per heavy atom. The molecule has 0 fully saturated rings. The van der Waals surface area contributed by atoms with Gasteiger partial charge in [0.05, 0.1) is 5.69 Å². The Hall–Kier alpha value is -3.06. The van der Waals surface area contributed by atoms with E-state index in [2.05, 4.69) is 9.97 Å². The van der Waals surface area contributed by atoms with Gasteiger partial charge in [0.25, 0.3) is 0 Å². The molecule has 144 valence electrons. The zero-order valence-corrected chi connectivity index (χ0v) is 16.8. The number of benzene rings is 1. The normalized spacial score (nSPS) is 11.9. The van der Waals surface area contributed by atoms with Crippen LogP contribution in [0.2, 0.25) is 0 Å². The molecule has 28 heavy (non-hydrogen) atoms. The fourth-order valence-corrected chi connectivity index (χ4v) is 3.88. The van der Waals surface area contributed by atoms with Gasteiger partial charge in [0.1, 0.15) is 5.01 Å². The number of rotatable bonds is 6. The van der Waals surface area contributed by atoms with Crippen LogP contribution in [-0.2, 0) is 4.74 Å². The molecule has 1 aromatic carbocycles. The summed E-state index contributed by atoms with van der Waals surface area (Å²) in [6.45, 7) is 6.40. The number of thiazole rings is 1. The Labute approximate surface area is 166 Å². The lowest BCUT2D eigenvalue weighted by molar-refractivity contribution is 0.0312. The second kappa shape index (κ2) is 7.90. The van der Waals surface area contributed by atoms with Crippen molar-refractivity contribution in [3.05, 3.63) is 63.9 Å². The van der Waals surface area contributed by atoms with Crippen LogP contribution in [0.15, 0.2) is 35.7 Å². The molecular formula is C21H20N2O4S. The summed E-state index contributed by atoms with van der Waals surface area (Å²) in [4.78, 5) is 44.1. The third-order valence-corrected chi connectivity index (χ3v) is 5.31. The zero-order valence-electron chi connectivity index (χ0n) is 16.0. The maximum Gasteiger partial charge on any atom is 0.358 e. The molecule has 2 heterocycles. The Morgan fingerprint density at radius 3 is 2.43 bits per heavy atom. The number of aromatic amines is 1. The number of hydrogen-bond acceptors (Lipinski definition) is 6. The maximum absolute atomic E-state index is 12.7. The van der Waals surface area contributed by atoms with Crippen LogP contribution in [0.25, 0.3) is 10.6 Å². The number of nitrogens with zero attached hydrogens (tertiary/aromatic N) is 1. The summed E-state index contributed by atoms with van der Waals surface area (Å²) in [5.74, 6) is -1.17. The number of ketones is 2. The first-order valence-corrected chi connectivity index (χ1v) is 9.63. The van der Waals surface area contributed by atoms with E-state index in [0.717, 1.165) is 5.56 Å². The Morgan fingerprint density at radius 1 is 1.14 bits per heavy atom. The Bertz CT molecular complexity index is 1050. The molecule has 3 aromatic rings. The molecule has 0 spiro atoms. The van der Waals surface area contributed by atoms with E-state index in [-0.39, 0.29) is 23.0 Å². The molecule has 1 N–H and O–H groups in total. The van der Waals surface area contributed by atoms with Crippen molar-refractivity contribution in [2.24, 2.45) is 0 Å². The molecule has 0 aliphatic heterocycles. The first kappa shape index (κ1) is 19.7. The van der Waals surface area contributed by atoms with E-state index in [9.17, 15) is 14.4 Å². The van der Waals surface area contributed by atoms with Crippen LogP contribution < -0.4 is 0 Å². The van der Waals surface area contributed by atoms with Crippen molar-refractivity contribution in [3.8, 4) is 10.6 Å². The molecule has 0 aliphatic rings. The van der Waals surface area contributed by atoms with Crippen LogP contribution in [0.1, 0.15) is 56.4 Å². The highest BCUT2D eigenvalue weighted by Crippen LogP contribution is 2.24. The van der Waals surface area contributed by atoms with Crippen LogP contribution in [0, 0.1) is 13.8 Å². The molecule has 0 radical (unpaired) electrons. The lowest BCUT2D eigenvalue weighted by Crippen LogP contribution is -2.25. The quantitative estimate of drug-likeness (QED) is 0.493. The summed E-state index contributed by atoms with van der Waals surface area (Å²) in [6.07, 6.45) is -1.01. The average molecular weight is 396 g/mol. The number of Topliss-reactive ketones (excluding diaryl/α,β-unsaturated/α-hetero) is 2. The highest BCUT2D eigenvalue weighted by atomic mass is 32.1. The van der Waals surface area contributed by atoms with E-state index in [1.807, 2.05) is 30.3 Å². The highest BCUT2D eigenvalue weighted by Gasteiger charge is 2.27. The van der Waals surface area contributed by atoms with Gasteiger partial charge in [-0.25, -0.2) is 9.78 Å². The van der Waals surface area contributed by atoms with Crippen LogP contribution in [-0.4, -0.2) is 33.6 Å². The van der Waals surface area contributed by atoms with Crippen LogP contribution in [0.5, 0.6) is 0 Å². The van der Waals surface area contributed by atoms with Gasteiger partial charge in [-0.05, 0) is 33.3 Å². The highest BCUT2D eigenvalue weighted by molar-refractivity contribution is 7.13. The first-order chi connectivity index (χ1) is 13.3. The number of ether oxygens (including phenoxy) is 1. The maximum atomic E-state index is 12.7. The van der Waals surface area contributed by atoms with Crippen molar-refractivity contribution in [2.45, 2.75) is 33.8 Å². The average Bonchev–Trinajstić information content (AvgIpc) is 3.26. The summed E-state index contributed by atoms with van der Waals surface area (Å²) in [5.41, 5.74) is 3.04. The SMILES string of the molecule is CC(=O)c1c(C)[nH]c(C(=O)[C@@H](C)OC(=O)c2csc(-c3ccccc3)n2)c1C. The molecule has 3 rings (SSSR count). The summed E-state index contributed by atoms with van der Waals surface area (Å²) in [5, 5.41) is 2.31. The first-order valence-electron chi connectivity index (χ1n) is 8.75. The second-order valence-electron chi connectivity index (χ2n) is 6.50. The number of H-pyrrole nitrogens is 1. The monoisotopic (exact) mass is 396 g/mol. The molecule has 0 saturated carbocycles. The van der Waals surface area contributed by atoms with Crippen LogP contribution in [0.4, 0.5) is 0 Å². The number of nitrogens with one attached hydrogen (secondary N) is 1. The molecule has 1 atom stereocenters. The summed E-state index contributed by atoms with van der Waals surface area (Å²) in [6, 6.07) is 9.50. The summed E-state index contributed by atoms with van der Waals surface area (Å²) < 4.78 is 5.32. The molecule has 0 amide bonds. The Kier molecular flexibility index (Phi) is 5.56. The minimum absolute atomic E-state index is 0.120. The van der Waals surface area contributed by atoms with E-state index >= 15 is 0 Å². The van der Waals surface area contributed by atoms with Gasteiger partial charge in [-0.2, -0.15) is 0 Å². The standard InChI is InChI=1S/C21H20N2O4S/c1-11-17(13(3)24)12(2)22-18(11)19(25)14(4)27-21(26)16-10-28-20(23-16)15-8-6-5-7-9-15/h5-10,14,22H,1-4H3/t14-/m1/s1. The third-order valence-electron chi connectivity index (χ3n) is 4.42. The smallest absolute Gasteiger partial charge is 0.358 e. The largest absolute Gasteiger partial charge is 0.449 e. The topological polar surface area (TPSA) is 89.1 Å². The van der Waals surface area contributed by atoms with Gasteiger partial charge in [-0.3, -0.25) is 9.59 Å². The van der Waals surface area contributed by atoms with Crippen molar-refractivity contribution in [2.75, 3.05) is 0 Å². The van der Waals surface area contributed by atoms with Crippen molar-refractivity contribution in [1.29, 1.82) is 0 Å². The molecule has 0 saturated heterocycles. The molecule has 0 unspecified atom stereocenters. The van der Waals surface area contributed by atoms with Crippen molar-refractivity contribution < 1.29 is 19.1 Å². The van der Waals surface area contributed by atoms with Crippen LogP contribution >= 0.6 is 11.3 Å². The molecule has 6 nitrogen and oxygen atoms in total. The molecule has 0 aliphatic carbocycles. The summed E-state index contributed by atoms with van der Waals surface area (Å²) in [7, 11) is 0. The lowest BCUT2D eigenvalue weighted by Gasteiger charge is -2.11. The molecular weight excluding hydrogens is 376 g/mol. The summed E-state index contributed by atoms with van der Waals surface area (Å²) >= 11 is 1.33. The van der Waals surface area contributed by atoms with Crippen molar-refractivity contribution >= 4 is 28.9 Å². The van der Waals surface area contributed by atoms with Crippen molar-refractivity contribution in [1.82, 2.24) is 9.97 Å². The minimum Gasteiger partial charge on any atom is -0.449 e. The van der Waals surface area contributed by atoms with Crippen LogP contribution in [0.3, 0.4) is 0 Å². The van der Waals surface area contributed by atoms with Gasteiger partial charge in [0.2, 0.25) is 5.78 Å². The van der Waals surface area contributed by atoms with Gasteiger partial charge in [-0.15, -0.1) is 11.3 Å². The fourth-order valence-electron chi connectivity index (χ4n) is 3.08. The van der Waals surface area contributed by atoms with Gasteiger partial charge < -0.3 is 9.72 Å². The molecule has 7 heteroatoms. The van der Waals surface area contributed by atoms with Gasteiger partial charge in [0.15, 0.2) is 17.6 Å². The lowest BCUT2D eigenvalue weighted by atomic mass is 10.0. The zero-order chi connectivity index (χ0) is 20.4. The fraction of sp³-hybridized carbons (Fsp3) is 0.238. The number of aromatic nitrogens is 2. The van der Waals surface area contributed by atoms with Gasteiger partial charge in [-0.1, -0.05) is 30.3 Å². The number of aryl methyl sites for hydroxylation is 1. The predicted octanol–water partition coefficient (Wildman–Crippen LogP) is 4.39. The molecule has 2 aromatic heterocycles. The van der Waals surface area contributed by atoms with E-state index in [0.29, 0.717) is 21.8 Å². The van der Waals surface area contributed by atoms with Crippen molar-refractivity contribution in [3.63, 3.8) is 0 Å². The number of hydrogen-bond donors (Lipinski definition) is 1. The number of carbonyl (C=O) groups is 3. The predicted molar refractivity (Wildman–Crippen MR) is 107 cm³/mol. The van der Waals surface area contributed by atoms with Gasteiger partial charge >= 0.3 is 5.97 Å². The van der Waals surface area contributed by atoms with E-state index < -0.39 is 12.1 Å². The minimum atomic E-state index is -1.01. The van der Waals surface area contributed by atoms with E-state index in [1.54, 1.807) is 19.2 Å².